The van der Waals surface area contributed by atoms with E-state index in [1.165, 1.54) is 12.1 Å². The van der Waals surface area contributed by atoms with Crippen molar-refractivity contribution in [2.24, 2.45) is 0 Å². The van der Waals surface area contributed by atoms with Crippen molar-refractivity contribution in [3.8, 4) is 5.75 Å². The van der Waals surface area contributed by atoms with E-state index in [-0.39, 0.29) is 24.2 Å². The molecule has 0 radical (unpaired) electrons. The van der Waals surface area contributed by atoms with Crippen molar-refractivity contribution in [2.45, 2.75) is 26.1 Å². The number of hydrogen-bond acceptors (Lipinski definition) is 3. The van der Waals surface area contributed by atoms with Crippen LogP contribution in [0.4, 0.5) is 18.9 Å². The number of rotatable bonds is 6. The molecule has 0 bridgehead atoms. The fourth-order valence-electron chi connectivity index (χ4n) is 2.55. The summed E-state index contributed by atoms with van der Waals surface area (Å²) in [6.07, 6.45) is -4.42. The van der Waals surface area contributed by atoms with Gasteiger partial charge in [0, 0.05) is 11.3 Å². The molecule has 0 aromatic heterocycles. The molecular formula is C19H21F3N2O2. The van der Waals surface area contributed by atoms with E-state index >= 15 is 0 Å². The maximum atomic E-state index is 12.7. The molecule has 140 valence electrons. The number of carbonyl (C=O) groups is 1. The Bertz CT molecular complexity index is 776. The molecule has 1 unspecified atom stereocenters. The highest BCUT2D eigenvalue weighted by Gasteiger charge is 2.30. The smallest absolute Gasteiger partial charge is 0.416 e. The fraction of sp³-hybridized carbons (Fsp3) is 0.316. The van der Waals surface area contributed by atoms with E-state index < -0.39 is 11.7 Å². The average Bonchev–Trinajstić information content (AvgIpc) is 2.59. The third kappa shape index (κ3) is 5.15. The number of alkyl halides is 3. The van der Waals surface area contributed by atoms with Crippen LogP contribution in [0.2, 0.25) is 0 Å². The second-order valence-corrected chi connectivity index (χ2v) is 5.97. The van der Waals surface area contributed by atoms with Crippen LogP contribution < -0.4 is 15.4 Å². The van der Waals surface area contributed by atoms with Crippen molar-refractivity contribution in [3.05, 3.63) is 59.2 Å². The zero-order valence-electron chi connectivity index (χ0n) is 14.8. The minimum atomic E-state index is -4.42. The Morgan fingerprint density at radius 1 is 1.19 bits per heavy atom. The highest BCUT2D eigenvalue weighted by Crippen LogP contribution is 2.30. The standard InChI is InChI=1S/C19H21F3N2O2/c1-12-7-8-17(26-3)16(9-12)13(2)24-18(25)11-23-15-6-4-5-14(10-15)19(20,21)22/h4-10,13,23H,11H2,1-3H3,(H,24,25). The van der Waals surface area contributed by atoms with Crippen LogP contribution in [-0.2, 0) is 11.0 Å². The van der Waals surface area contributed by atoms with Crippen molar-refractivity contribution in [2.75, 3.05) is 19.0 Å². The highest BCUT2D eigenvalue weighted by molar-refractivity contribution is 5.81. The third-order valence-corrected chi connectivity index (χ3v) is 3.87. The Kier molecular flexibility index (Phi) is 6.13. The predicted molar refractivity (Wildman–Crippen MR) is 94.2 cm³/mol. The summed E-state index contributed by atoms with van der Waals surface area (Å²) in [5, 5.41) is 5.52. The van der Waals surface area contributed by atoms with Crippen LogP contribution in [0.15, 0.2) is 42.5 Å². The number of benzene rings is 2. The molecule has 0 saturated carbocycles. The van der Waals surface area contributed by atoms with Crippen LogP contribution in [0.5, 0.6) is 5.75 Å². The summed E-state index contributed by atoms with van der Waals surface area (Å²) in [6.45, 7) is 3.62. The van der Waals surface area contributed by atoms with Crippen LogP contribution in [0, 0.1) is 6.92 Å². The first-order valence-corrected chi connectivity index (χ1v) is 8.05. The molecule has 2 N–H and O–H groups in total. The van der Waals surface area contributed by atoms with Crippen LogP contribution in [0.1, 0.15) is 29.7 Å². The molecule has 0 heterocycles. The summed E-state index contributed by atoms with van der Waals surface area (Å²) < 4.78 is 43.4. The summed E-state index contributed by atoms with van der Waals surface area (Å²) in [5.74, 6) is 0.327. The number of nitrogens with one attached hydrogen (secondary N) is 2. The first-order chi connectivity index (χ1) is 12.2. The van der Waals surface area contributed by atoms with E-state index in [4.69, 9.17) is 4.74 Å². The van der Waals surface area contributed by atoms with Gasteiger partial charge in [-0.15, -0.1) is 0 Å². The number of aryl methyl sites for hydroxylation is 1. The van der Waals surface area contributed by atoms with Gasteiger partial charge in [-0.2, -0.15) is 13.2 Å². The SMILES string of the molecule is COc1ccc(C)cc1C(C)NC(=O)CNc1cccc(C(F)(F)F)c1. The number of halogens is 3. The minimum Gasteiger partial charge on any atom is -0.496 e. The highest BCUT2D eigenvalue weighted by atomic mass is 19.4. The Morgan fingerprint density at radius 2 is 1.92 bits per heavy atom. The molecule has 0 saturated heterocycles. The van der Waals surface area contributed by atoms with Gasteiger partial charge in [-0.1, -0.05) is 23.8 Å². The van der Waals surface area contributed by atoms with E-state index in [9.17, 15) is 18.0 Å². The third-order valence-electron chi connectivity index (χ3n) is 3.87. The van der Waals surface area contributed by atoms with Crippen molar-refractivity contribution in [3.63, 3.8) is 0 Å². The molecule has 1 amide bonds. The summed E-state index contributed by atoms with van der Waals surface area (Å²) in [5.41, 5.74) is 1.33. The predicted octanol–water partition coefficient (Wildman–Crippen LogP) is 4.31. The maximum absolute atomic E-state index is 12.7. The number of ether oxygens (including phenoxy) is 1. The molecule has 2 rings (SSSR count). The van der Waals surface area contributed by atoms with Gasteiger partial charge < -0.3 is 15.4 Å². The maximum Gasteiger partial charge on any atom is 0.416 e. The van der Waals surface area contributed by atoms with Crippen LogP contribution in [-0.4, -0.2) is 19.6 Å². The fourth-order valence-corrected chi connectivity index (χ4v) is 2.55. The molecule has 26 heavy (non-hydrogen) atoms. The molecule has 0 fully saturated rings. The number of hydrogen-bond donors (Lipinski definition) is 2. The molecule has 4 nitrogen and oxygen atoms in total. The largest absolute Gasteiger partial charge is 0.496 e. The molecule has 1 atom stereocenters. The zero-order chi connectivity index (χ0) is 19.3. The lowest BCUT2D eigenvalue weighted by Crippen LogP contribution is -2.32. The minimum absolute atomic E-state index is 0.139. The first kappa shape index (κ1) is 19.6. The number of methoxy groups -OCH3 is 1. The van der Waals surface area contributed by atoms with Gasteiger partial charge in [0.1, 0.15) is 5.75 Å². The Hall–Kier alpha value is -2.70. The molecule has 2 aromatic rings. The van der Waals surface area contributed by atoms with E-state index in [0.717, 1.165) is 23.3 Å². The van der Waals surface area contributed by atoms with Gasteiger partial charge in [0.15, 0.2) is 0 Å². The lowest BCUT2D eigenvalue weighted by atomic mass is 10.0. The molecular weight excluding hydrogens is 345 g/mol. The quantitative estimate of drug-likeness (QED) is 0.801. The normalized spacial score (nSPS) is 12.4. The van der Waals surface area contributed by atoms with Crippen molar-refractivity contribution < 1.29 is 22.7 Å². The second kappa shape index (κ2) is 8.12. The summed E-state index contributed by atoms with van der Waals surface area (Å²) in [7, 11) is 1.55. The molecule has 2 aromatic carbocycles. The molecule has 0 spiro atoms. The van der Waals surface area contributed by atoms with E-state index in [1.807, 2.05) is 32.0 Å². The summed E-state index contributed by atoms with van der Waals surface area (Å²) in [4.78, 5) is 12.1. The lowest BCUT2D eigenvalue weighted by molar-refractivity contribution is -0.137. The molecule has 0 aliphatic heterocycles. The average molecular weight is 366 g/mol. The first-order valence-electron chi connectivity index (χ1n) is 8.05. The number of amides is 1. The Balaban J connectivity index is 1.98. The van der Waals surface area contributed by atoms with Crippen molar-refractivity contribution in [1.29, 1.82) is 0 Å². The van der Waals surface area contributed by atoms with Crippen LogP contribution >= 0.6 is 0 Å². The molecule has 0 aliphatic rings. The zero-order valence-corrected chi connectivity index (χ0v) is 14.8. The topological polar surface area (TPSA) is 50.4 Å². The van der Waals surface area contributed by atoms with Crippen LogP contribution in [0.25, 0.3) is 0 Å². The lowest BCUT2D eigenvalue weighted by Gasteiger charge is -2.18. The van der Waals surface area contributed by atoms with Gasteiger partial charge >= 0.3 is 6.18 Å². The van der Waals surface area contributed by atoms with E-state index in [0.29, 0.717) is 5.75 Å². The van der Waals surface area contributed by atoms with Gasteiger partial charge in [0.05, 0.1) is 25.3 Å². The summed E-state index contributed by atoms with van der Waals surface area (Å²) >= 11 is 0. The van der Waals surface area contributed by atoms with Gasteiger partial charge in [0.25, 0.3) is 0 Å². The van der Waals surface area contributed by atoms with Gasteiger partial charge in [-0.25, -0.2) is 0 Å². The molecule has 7 heteroatoms. The van der Waals surface area contributed by atoms with Gasteiger partial charge in [-0.05, 0) is 38.1 Å². The number of anilines is 1. The van der Waals surface area contributed by atoms with Crippen molar-refractivity contribution >= 4 is 11.6 Å². The van der Waals surface area contributed by atoms with E-state index in [2.05, 4.69) is 10.6 Å². The second-order valence-electron chi connectivity index (χ2n) is 5.97. The van der Waals surface area contributed by atoms with Crippen LogP contribution in [0.3, 0.4) is 0 Å². The monoisotopic (exact) mass is 366 g/mol. The molecule has 0 aliphatic carbocycles. The summed E-state index contributed by atoms with van der Waals surface area (Å²) in [6, 6.07) is 10.1. The number of carbonyl (C=O) groups excluding carboxylic acids is 1. The Labute approximate surface area is 150 Å². The van der Waals surface area contributed by atoms with Crippen molar-refractivity contribution in [1.82, 2.24) is 5.32 Å². The van der Waals surface area contributed by atoms with Gasteiger partial charge in [-0.3, -0.25) is 4.79 Å². The van der Waals surface area contributed by atoms with Gasteiger partial charge in [0.2, 0.25) is 5.91 Å². The van der Waals surface area contributed by atoms with E-state index in [1.54, 1.807) is 7.11 Å². The Morgan fingerprint density at radius 3 is 2.58 bits per heavy atom.